The summed E-state index contributed by atoms with van der Waals surface area (Å²) in [5, 5.41) is 9.33. The van der Waals surface area contributed by atoms with Crippen LogP contribution < -0.4 is 10.6 Å². The van der Waals surface area contributed by atoms with E-state index in [1.807, 2.05) is 11.6 Å². The number of nitrogens with one attached hydrogen (secondary N) is 2. The van der Waals surface area contributed by atoms with E-state index >= 15 is 0 Å². The van der Waals surface area contributed by atoms with Crippen LogP contribution in [0.15, 0.2) is 35.8 Å². The van der Waals surface area contributed by atoms with Crippen LogP contribution in [0, 0.1) is 5.92 Å². The Labute approximate surface area is 140 Å². The number of aryl methyl sites for hydroxylation is 1. The Balaban J connectivity index is 1.44. The molecule has 0 aliphatic heterocycles. The lowest BCUT2D eigenvalue weighted by Crippen LogP contribution is -2.41. The van der Waals surface area contributed by atoms with E-state index < -0.39 is 0 Å². The summed E-state index contributed by atoms with van der Waals surface area (Å²) in [6.45, 7) is 0. The van der Waals surface area contributed by atoms with E-state index in [-0.39, 0.29) is 18.1 Å². The average Bonchev–Trinajstić information content (AvgIpc) is 3.27. The number of thiazole rings is 1. The number of nitrogens with zero attached hydrogens (tertiary/aromatic N) is 1. The van der Waals surface area contributed by atoms with Gasteiger partial charge in [0.05, 0.1) is 12.1 Å². The van der Waals surface area contributed by atoms with Gasteiger partial charge in [0.1, 0.15) is 5.01 Å². The van der Waals surface area contributed by atoms with Gasteiger partial charge in [0, 0.05) is 11.6 Å². The van der Waals surface area contributed by atoms with Gasteiger partial charge in [-0.05, 0) is 49.1 Å². The van der Waals surface area contributed by atoms with E-state index in [0.717, 1.165) is 24.3 Å². The number of hydrogen-bond donors (Lipinski definition) is 2. The highest BCUT2D eigenvalue weighted by molar-refractivity contribution is 7.09. The van der Waals surface area contributed by atoms with Crippen molar-refractivity contribution in [2.24, 2.45) is 5.92 Å². The third kappa shape index (κ3) is 3.24. The average molecular weight is 327 g/mol. The molecule has 0 bridgehead atoms. The van der Waals surface area contributed by atoms with Crippen molar-refractivity contribution in [2.75, 3.05) is 0 Å². The van der Waals surface area contributed by atoms with Crippen molar-refractivity contribution in [3.8, 4) is 0 Å². The van der Waals surface area contributed by atoms with Crippen LogP contribution in [0.25, 0.3) is 0 Å². The Morgan fingerprint density at radius 3 is 2.91 bits per heavy atom. The van der Waals surface area contributed by atoms with Crippen LogP contribution in [0.4, 0.5) is 4.79 Å². The van der Waals surface area contributed by atoms with Gasteiger partial charge in [-0.2, -0.15) is 0 Å². The van der Waals surface area contributed by atoms with Crippen LogP contribution in [-0.2, 0) is 6.42 Å². The first-order valence-electron chi connectivity index (χ1n) is 8.35. The van der Waals surface area contributed by atoms with Crippen LogP contribution in [0.5, 0.6) is 0 Å². The van der Waals surface area contributed by atoms with E-state index in [1.165, 1.54) is 24.0 Å². The molecule has 1 aromatic carbocycles. The fraction of sp³-hybridized carbons (Fsp3) is 0.444. The molecule has 2 N–H and O–H groups in total. The Kier molecular flexibility index (Phi) is 4.04. The SMILES string of the molecule is O=C(NC1CCCc2ccccc21)NC(c1nccs1)C1CC1. The number of carbonyl (C=O) groups excluding carboxylic acids is 1. The van der Waals surface area contributed by atoms with E-state index in [1.54, 1.807) is 11.3 Å². The van der Waals surface area contributed by atoms with Crippen molar-refractivity contribution in [1.82, 2.24) is 15.6 Å². The molecular formula is C18H21N3OS. The highest BCUT2D eigenvalue weighted by Crippen LogP contribution is 2.41. The van der Waals surface area contributed by atoms with Crippen molar-refractivity contribution < 1.29 is 4.79 Å². The highest BCUT2D eigenvalue weighted by Gasteiger charge is 2.35. The number of urea groups is 1. The first kappa shape index (κ1) is 14.7. The first-order chi connectivity index (χ1) is 11.3. The predicted molar refractivity (Wildman–Crippen MR) is 91.4 cm³/mol. The minimum Gasteiger partial charge on any atom is -0.331 e. The zero-order valence-electron chi connectivity index (χ0n) is 13.0. The molecule has 4 rings (SSSR count). The molecule has 120 valence electrons. The molecule has 1 aromatic heterocycles. The van der Waals surface area contributed by atoms with Crippen LogP contribution in [0.2, 0.25) is 0 Å². The molecule has 0 spiro atoms. The van der Waals surface area contributed by atoms with Gasteiger partial charge in [-0.1, -0.05) is 24.3 Å². The van der Waals surface area contributed by atoms with Crippen molar-refractivity contribution >= 4 is 17.4 Å². The molecule has 0 radical (unpaired) electrons. The van der Waals surface area contributed by atoms with Gasteiger partial charge >= 0.3 is 6.03 Å². The van der Waals surface area contributed by atoms with Crippen molar-refractivity contribution in [1.29, 1.82) is 0 Å². The lowest BCUT2D eigenvalue weighted by Gasteiger charge is -2.27. The fourth-order valence-corrected chi connectivity index (χ4v) is 4.22. The molecule has 2 amide bonds. The van der Waals surface area contributed by atoms with E-state index in [0.29, 0.717) is 5.92 Å². The van der Waals surface area contributed by atoms with Crippen LogP contribution in [0.3, 0.4) is 0 Å². The normalized spacial score (nSPS) is 21.3. The molecule has 2 aromatic rings. The second-order valence-electron chi connectivity index (χ2n) is 6.45. The minimum absolute atomic E-state index is 0.0637. The summed E-state index contributed by atoms with van der Waals surface area (Å²) in [4.78, 5) is 16.9. The smallest absolute Gasteiger partial charge is 0.315 e. The lowest BCUT2D eigenvalue weighted by molar-refractivity contribution is 0.230. The molecule has 2 aliphatic carbocycles. The van der Waals surface area contributed by atoms with Crippen molar-refractivity contribution in [3.63, 3.8) is 0 Å². The summed E-state index contributed by atoms with van der Waals surface area (Å²) in [7, 11) is 0. The molecule has 2 unspecified atom stereocenters. The number of rotatable bonds is 4. The molecular weight excluding hydrogens is 306 g/mol. The predicted octanol–water partition coefficient (Wildman–Crippen LogP) is 3.97. The van der Waals surface area contributed by atoms with Crippen molar-refractivity contribution in [3.05, 3.63) is 52.0 Å². The molecule has 2 aliphatic rings. The van der Waals surface area contributed by atoms with Gasteiger partial charge in [-0.3, -0.25) is 0 Å². The Morgan fingerprint density at radius 2 is 2.13 bits per heavy atom. The number of hydrogen-bond acceptors (Lipinski definition) is 3. The van der Waals surface area contributed by atoms with Gasteiger partial charge in [0.15, 0.2) is 0 Å². The third-order valence-electron chi connectivity index (χ3n) is 4.77. The summed E-state index contributed by atoms with van der Waals surface area (Å²) in [6, 6.07) is 8.55. The van der Waals surface area contributed by atoms with Crippen LogP contribution in [-0.4, -0.2) is 11.0 Å². The Hall–Kier alpha value is -1.88. The summed E-state index contributed by atoms with van der Waals surface area (Å²) >= 11 is 1.62. The van der Waals surface area contributed by atoms with E-state index in [2.05, 4.69) is 39.9 Å². The summed E-state index contributed by atoms with van der Waals surface area (Å²) in [5.74, 6) is 0.547. The Morgan fingerprint density at radius 1 is 1.26 bits per heavy atom. The monoisotopic (exact) mass is 327 g/mol. The largest absolute Gasteiger partial charge is 0.331 e. The number of benzene rings is 1. The maximum atomic E-state index is 12.5. The lowest BCUT2D eigenvalue weighted by atomic mass is 9.88. The Bertz CT molecular complexity index is 681. The van der Waals surface area contributed by atoms with Gasteiger partial charge < -0.3 is 10.6 Å². The molecule has 1 heterocycles. The molecule has 1 saturated carbocycles. The topological polar surface area (TPSA) is 54.0 Å². The number of amides is 2. The molecule has 23 heavy (non-hydrogen) atoms. The van der Waals surface area contributed by atoms with Gasteiger partial charge in [-0.15, -0.1) is 11.3 Å². The zero-order chi connectivity index (χ0) is 15.6. The quantitative estimate of drug-likeness (QED) is 0.893. The third-order valence-corrected chi connectivity index (χ3v) is 5.63. The standard InChI is InChI=1S/C18H21N3OS/c22-18(21-16(13-8-9-13)17-19-10-11-23-17)20-15-7-3-5-12-4-1-2-6-14(12)15/h1-2,4,6,10-11,13,15-16H,3,5,7-9H2,(H2,20,21,22). The van der Waals surface area contributed by atoms with Crippen LogP contribution in [0.1, 0.15) is 53.9 Å². The second-order valence-corrected chi connectivity index (χ2v) is 7.37. The maximum absolute atomic E-state index is 12.5. The second kappa shape index (κ2) is 6.32. The summed E-state index contributed by atoms with van der Waals surface area (Å²) in [5.41, 5.74) is 2.63. The number of aromatic nitrogens is 1. The number of carbonyl (C=O) groups is 1. The van der Waals surface area contributed by atoms with Crippen LogP contribution >= 0.6 is 11.3 Å². The molecule has 1 fully saturated rings. The number of fused-ring (bicyclic) bond motifs is 1. The van der Waals surface area contributed by atoms with E-state index in [4.69, 9.17) is 0 Å². The van der Waals surface area contributed by atoms with Gasteiger partial charge in [0.2, 0.25) is 0 Å². The summed E-state index contributed by atoms with van der Waals surface area (Å²) < 4.78 is 0. The minimum atomic E-state index is -0.0706. The molecule has 4 nitrogen and oxygen atoms in total. The highest BCUT2D eigenvalue weighted by atomic mass is 32.1. The van der Waals surface area contributed by atoms with Gasteiger partial charge in [-0.25, -0.2) is 9.78 Å². The van der Waals surface area contributed by atoms with Crippen molar-refractivity contribution in [2.45, 2.75) is 44.2 Å². The first-order valence-corrected chi connectivity index (χ1v) is 9.23. The molecule has 5 heteroatoms. The van der Waals surface area contributed by atoms with E-state index in [9.17, 15) is 4.79 Å². The molecule has 2 atom stereocenters. The summed E-state index contributed by atoms with van der Waals surface area (Å²) in [6.07, 6.45) is 7.41. The molecule has 0 saturated heterocycles. The fourth-order valence-electron chi connectivity index (χ4n) is 3.44. The zero-order valence-corrected chi connectivity index (χ0v) is 13.8. The van der Waals surface area contributed by atoms with Gasteiger partial charge in [0.25, 0.3) is 0 Å². The maximum Gasteiger partial charge on any atom is 0.315 e.